The van der Waals surface area contributed by atoms with Gasteiger partial charge in [0.2, 0.25) is 0 Å². The first kappa shape index (κ1) is 11.7. The van der Waals surface area contributed by atoms with Crippen molar-refractivity contribution in [3.05, 3.63) is 47.0 Å². The van der Waals surface area contributed by atoms with Crippen molar-refractivity contribution in [3.63, 3.8) is 0 Å². The molecule has 2 aliphatic rings. The molecule has 0 spiro atoms. The molecule has 2 heteroatoms. The third-order valence-corrected chi connectivity index (χ3v) is 3.84. The van der Waals surface area contributed by atoms with Crippen molar-refractivity contribution in [2.45, 2.75) is 38.2 Å². The predicted octanol–water partition coefficient (Wildman–Crippen LogP) is 3.37. The highest BCUT2D eigenvalue weighted by Gasteiger charge is 2.29. The number of hydrogen-bond donors (Lipinski definition) is 0. The lowest BCUT2D eigenvalue weighted by molar-refractivity contribution is -0.128. The third-order valence-electron chi connectivity index (χ3n) is 3.84. The number of fused-ring (bicyclic) bond motifs is 1. The minimum absolute atomic E-state index is 0.182. The Hall–Kier alpha value is -1.41. The first-order chi connectivity index (χ1) is 8.86. The van der Waals surface area contributed by atoms with Gasteiger partial charge >= 0.3 is 0 Å². The Balaban J connectivity index is 1.89. The quantitative estimate of drug-likeness (QED) is 0.794. The van der Waals surface area contributed by atoms with E-state index in [1.54, 1.807) is 0 Å². The zero-order chi connectivity index (χ0) is 12.4. The Bertz CT molecular complexity index is 488. The van der Waals surface area contributed by atoms with Crippen LogP contribution in [0.25, 0.3) is 0 Å². The van der Waals surface area contributed by atoms with E-state index in [4.69, 9.17) is 4.74 Å². The summed E-state index contributed by atoms with van der Waals surface area (Å²) >= 11 is 0. The fourth-order valence-corrected chi connectivity index (χ4v) is 2.84. The third kappa shape index (κ3) is 2.13. The summed E-state index contributed by atoms with van der Waals surface area (Å²) in [4.78, 5) is 12.5. The summed E-state index contributed by atoms with van der Waals surface area (Å²) < 4.78 is 5.73. The molecule has 0 radical (unpaired) electrons. The second kappa shape index (κ2) is 5.07. The standard InChI is InChI=1S/C16H18O2/c17-15(13-7-2-1-3-8-13)16-14-9-5-4-6-12(14)10-11-18-16/h4-7,9,16H,1-3,8,10-11H2. The molecule has 1 aliphatic carbocycles. The number of Topliss-reactive ketones (excluding diaryl/α,β-unsaturated/α-hetero) is 1. The minimum atomic E-state index is -0.362. The molecule has 1 heterocycles. The van der Waals surface area contributed by atoms with E-state index in [2.05, 4.69) is 12.1 Å². The molecule has 0 amide bonds. The van der Waals surface area contributed by atoms with Crippen molar-refractivity contribution in [1.82, 2.24) is 0 Å². The molecular weight excluding hydrogens is 224 g/mol. The van der Waals surface area contributed by atoms with Gasteiger partial charge in [-0.15, -0.1) is 0 Å². The number of ketones is 1. The van der Waals surface area contributed by atoms with Crippen LogP contribution in [-0.4, -0.2) is 12.4 Å². The van der Waals surface area contributed by atoms with Crippen LogP contribution >= 0.6 is 0 Å². The highest BCUT2D eigenvalue weighted by molar-refractivity contribution is 5.99. The highest BCUT2D eigenvalue weighted by atomic mass is 16.5. The van der Waals surface area contributed by atoms with Crippen molar-refractivity contribution in [1.29, 1.82) is 0 Å². The van der Waals surface area contributed by atoms with E-state index in [0.717, 1.165) is 36.8 Å². The lowest BCUT2D eigenvalue weighted by Gasteiger charge is -2.26. The van der Waals surface area contributed by atoms with Crippen molar-refractivity contribution in [3.8, 4) is 0 Å². The molecule has 1 unspecified atom stereocenters. The minimum Gasteiger partial charge on any atom is -0.365 e. The number of carbonyl (C=O) groups excluding carboxylic acids is 1. The van der Waals surface area contributed by atoms with E-state index in [1.165, 1.54) is 12.0 Å². The van der Waals surface area contributed by atoms with E-state index >= 15 is 0 Å². The van der Waals surface area contributed by atoms with Crippen LogP contribution in [0.1, 0.15) is 42.9 Å². The lowest BCUT2D eigenvalue weighted by Crippen LogP contribution is -2.25. The molecule has 1 atom stereocenters. The number of benzene rings is 1. The molecule has 0 aromatic heterocycles. The SMILES string of the molecule is O=C(C1=CCCCC1)C1OCCc2ccccc21. The summed E-state index contributed by atoms with van der Waals surface area (Å²) in [6, 6.07) is 8.16. The number of rotatable bonds is 2. The first-order valence-electron chi connectivity index (χ1n) is 6.79. The van der Waals surface area contributed by atoms with Gasteiger partial charge in [0.05, 0.1) is 6.61 Å². The summed E-state index contributed by atoms with van der Waals surface area (Å²) in [5, 5.41) is 0. The van der Waals surface area contributed by atoms with Crippen LogP contribution in [0.2, 0.25) is 0 Å². The zero-order valence-electron chi connectivity index (χ0n) is 10.5. The molecule has 0 fully saturated rings. The molecule has 0 saturated carbocycles. The fourth-order valence-electron chi connectivity index (χ4n) is 2.84. The molecule has 94 valence electrons. The topological polar surface area (TPSA) is 26.3 Å². The number of hydrogen-bond acceptors (Lipinski definition) is 2. The second-order valence-corrected chi connectivity index (χ2v) is 5.04. The van der Waals surface area contributed by atoms with Gasteiger partial charge in [-0.25, -0.2) is 0 Å². The average molecular weight is 242 g/mol. The molecule has 18 heavy (non-hydrogen) atoms. The molecule has 0 saturated heterocycles. The Labute approximate surface area is 108 Å². The zero-order valence-corrected chi connectivity index (χ0v) is 10.5. The highest BCUT2D eigenvalue weighted by Crippen LogP contribution is 2.32. The van der Waals surface area contributed by atoms with Crippen LogP contribution < -0.4 is 0 Å². The maximum Gasteiger partial charge on any atom is 0.191 e. The molecule has 0 N–H and O–H groups in total. The molecule has 1 aromatic rings. The van der Waals surface area contributed by atoms with E-state index in [1.807, 2.05) is 18.2 Å². The van der Waals surface area contributed by atoms with Crippen LogP contribution in [0.5, 0.6) is 0 Å². The molecule has 3 rings (SSSR count). The van der Waals surface area contributed by atoms with E-state index in [-0.39, 0.29) is 11.9 Å². The predicted molar refractivity (Wildman–Crippen MR) is 70.4 cm³/mol. The van der Waals surface area contributed by atoms with Crippen LogP contribution in [-0.2, 0) is 16.0 Å². The van der Waals surface area contributed by atoms with Gasteiger partial charge in [0, 0.05) is 0 Å². The van der Waals surface area contributed by atoms with Gasteiger partial charge < -0.3 is 4.74 Å². The van der Waals surface area contributed by atoms with Crippen molar-refractivity contribution in [2.24, 2.45) is 0 Å². The van der Waals surface area contributed by atoms with E-state index < -0.39 is 0 Å². The number of carbonyl (C=O) groups is 1. The maximum atomic E-state index is 12.5. The monoisotopic (exact) mass is 242 g/mol. The van der Waals surface area contributed by atoms with E-state index in [9.17, 15) is 4.79 Å². The summed E-state index contributed by atoms with van der Waals surface area (Å²) in [6.45, 7) is 0.653. The van der Waals surface area contributed by atoms with Gasteiger partial charge in [-0.05, 0) is 48.8 Å². The van der Waals surface area contributed by atoms with E-state index in [0.29, 0.717) is 6.61 Å². The molecule has 1 aliphatic heterocycles. The fraction of sp³-hybridized carbons (Fsp3) is 0.438. The van der Waals surface area contributed by atoms with Crippen LogP contribution in [0.15, 0.2) is 35.9 Å². The van der Waals surface area contributed by atoms with Gasteiger partial charge in [0.25, 0.3) is 0 Å². The van der Waals surface area contributed by atoms with Crippen LogP contribution in [0.3, 0.4) is 0 Å². The molecule has 0 bridgehead atoms. The van der Waals surface area contributed by atoms with Crippen LogP contribution in [0.4, 0.5) is 0 Å². The van der Waals surface area contributed by atoms with Gasteiger partial charge in [-0.1, -0.05) is 30.3 Å². The molecular formula is C16H18O2. The number of allylic oxidation sites excluding steroid dienone is 1. The molecule has 2 nitrogen and oxygen atoms in total. The Morgan fingerprint density at radius 2 is 2.06 bits per heavy atom. The maximum absolute atomic E-state index is 12.5. The summed E-state index contributed by atoms with van der Waals surface area (Å²) in [5.74, 6) is 0.182. The van der Waals surface area contributed by atoms with Crippen LogP contribution in [0, 0.1) is 0 Å². The normalized spacial score (nSPS) is 23.1. The average Bonchev–Trinajstić information content (AvgIpc) is 2.47. The Morgan fingerprint density at radius 1 is 1.17 bits per heavy atom. The second-order valence-electron chi connectivity index (χ2n) is 5.04. The van der Waals surface area contributed by atoms with Crippen molar-refractivity contribution < 1.29 is 9.53 Å². The Kier molecular flexibility index (Phi) is 3.28. The summed E-state index contributed by atoms with van der Waals surface area (Å²) in [6.07, 6.45) is 6.95. The number of ether oxygens (including phenoxy) is 1. The smallest absolute Gasteiger partial charge is 0.191 e. The summed E-state index contributed by atoms with van der Waals surface area (Å²) in [5.41, 5.74) is 3.31. The van der Waals surface area contributed by atoms with Gasteiger partial charge in [0.15, 0.2) is 5.78 Å². The first-order valence-corrected chi connectivity index (χ1v) is 6.79. The largest absolute Gasteiger partial charge is 0.365 e. The van der Waals surface area contributed by atoms with Gasteiger partial charge in [-0.3, -0.25) is 4.79 Å². The summed E-state index contributed by atoms with van der Waals surface area (Å²) in [7, 11) is 0. The van der Waals surface area contributed by atoms with Crippen molar-refractivity contribution >= 4 is 5.78 Å². The van der Waals surface area contributed by atoms with Crippen molar-refractivity contribution in [2.75, 3.05) is 6.61 Å². The van der Waals surface area contributed by atoms with Gasteiger partial charge in [0.1, 0.15) is 6.10 Å². The molecule has 1 aromatic carbocycles. The lowest BCUT2D eigenvalue weighted by atomic mass is 9.88. The Morgan fingerprint density at radius 3 is 2.89 bits per heavy atom. The van der Waals surface area contributed by atoms with Gasteiger partial charge in [-0.2, -0.15) is 0 Å².